The Morgan fingerprint density at radius 2 is 0.970 bits per heavy atom. The smallest absolute Gasteiger partial charge is 0.462 e. The summed E-state index contributed by atoms with van der Waals surface area (Å²) in [4.78, 5) is 76.0. The Hall–Kier alpha value is -1.99. The average molecular weight is 991 g/mol. The van der Waals surface area contributed by atoms with Crippen molar-refractivity contribution in [2.75, 3.05) is 58.0 Å². The Morgan fingerprint density at radius 3 is 1.45 bits per heavy atom. The largest absolute Gasteiger partial charge is 0.472 e. The molecule has 0 spiro atoms. The van der Waals surface area contributed by atoms with Gasteiger partial charge >= 0.3 is 19.8 Å². The molecule has 0 fully saturated rings. The molecular weight excluding hydrogens is 892 g/mol. The van der Waals surface area contributed by atoms with Gasteiger partial charge in [-0.3, -0.25) is 33.0 Å². The first-order valence-corrected chi connectivity index (χ1v) is 29.6. The number of carbonyl (C=O) groups excluding carboxylic acids is 5. The number of hydrogen-bond acceptors (Lipinski definition) is 11. The maximum Gasteiger partial charge on any atom is 0.472 e. The monoisotopic (exact) mass is 991 g/mol. The summed E-state index contributed by atoms with van der Waals surface area (Å²) in [5.74, 6) is 0.388. The number of thioether (sulfide) groups is 1. The van der Waals surface area contributed by atoms with Crippen LogP contribution in [0.1, 0.15) is 240 Å². The fraction of sp³-hybridized carbons (Fsp3) is 0.904. The number of ether oxygens (including phenoxy) is 2. The summed E-state index contributed by atoms with van der Waals surface area (Å²) in [6, 6.07) is 0. The normalized spacial score (nSPS) is 12.7. The molecule has 15 heteroatoms. The number of amides is 2. The number of carbonyl (C=O) groups is 5. The molecular formula is C52H99N2O11PS. The Balaban J connectivity index is 4.69. The van der Waals surface area contributed by atoms with E-state index in [1.165, 1.54) is 116 Å². The van der Waals surface area contributed by atoms with Crippen LogP contribution in [0.3, 0.4) is 0 Å². The second-order valence-electron chi connectivity index (χ2n) is 18.3. The highest BCUT2D eigenvalue weighted by atomic mass is 32.2. The number of phosphoric acid groups is 1. The summed E-state index contributed by atoms with van der Waals surface area (Å²) in [5, 5.41) is 0. The van der Waals surface area contributed by atoms with Crippen LogP contribution in [0.5, 0.6) is 0 Å². The third kappa shape index (κ3) is 42.6. The van der Waals surface area contributed by atoms with E-state index in [4.69, 9.17) is 18.5 Å². The molecule has 0 rings (SSSR count). The van der Waals surface area contributed by atoms with Crippen molar-refractivity contribution in [3.05, 3.63) is 0 Å². The first-order chi connectivity index (χ1) is 32.4. The van der Waals surface area contributed by atoms with Gasteiger partial charge in [-0.15, -0.1) is 0 Å². The molecule has 394 valence electrons. The predicted octanol–water partition coefficient (Wildman–Crippen LogP) is 13.1. The molecule has 0 aromatic heterocycles. The van der Waals surface area contributed by atoms with Gasteiger partial charge in [0.05, 0.1) is 13.2 Å². The van der Waals surface area contributed by atoms with E-state index in [-0.39, 0.29) is 56.5 Å². The molecule has 0 saturated carbocycles. The van der Waals surface area contributed by atoms with Gasteiger partial charge in [0.1, 0.15) is 12.4 Å². The van der Waals surface area contributed by atoms with E-state index in [1.54, 1.807) is 35.5 Å². The van der Waals surface area contributed by atoms with Gasteiger partial charge in [-0.1, -0.05) is 182 Å². The molecule has 0 radical (unpaired) electrons. The number of hydrogen-bond donors (Lipinski definition) is 1. The summed E-state index contributed by atoms with van der Waals surface area (Å²) in [6.07, 6.45) is 31.9. The van der Waals surface area contributed by atoms with Crippen LogP contribution in [0.15, 0.2) is 0 Å². The van der Waals surface area contributed by atoms with Gasteiger partial charge in [-0.05, 0) is 19.3 Å². The highest BCUT2D eigenvalue weighted by molar-refractivity contribution is 7.99. The van der Waals surface area contributed by atoms with Gasteiger partial charge < -0.3 is 24.2 Å². The zero-order valence-corrected chi connectivity index (χ0v) is 45.1. The third-order valence-electron chi connectivity index (χ3n) is 12.1. The average Bonchev–Trinajstić information content (AvgIpc) is 3.31. The topological polar surface area (TPSA) is 166 Å². The fourth-order valence-corrected chi connectivity index (χ4v) is 9.41. The Labute approximate surface area is 413 Å². The minimum Gasteiger partial charge on any atom is -0.462 e. The Kier molecular flexibility index (Phi) is 45.0. The minimum atomic E-state index is -4.56. The summed E-state index contributed by atoms with van der Waals surface area (Å²) in [5.41, 5.74) is 0. The van der Waals surface area contributed by atoms with Crippen molar-refractivity contribution in [2.24, 2.45) is 0 Å². The van der Waals surface area contributed by atoms with Gasteiger partial charge in [-0.25, -0.2) is 4.57 Å². The van der Waals surface area contributed by atoms with E-state index < -0.39 is 32.5 Å². The number of phosphoric ester groups is 1. The van der Waals surface area contributed by atoms with E-state index in [2.05, 4.69) is 13.8 Å². The second kappa shape index (κ2) is 46.4. The predicted molar refractivity (Wildman–Crippen MR) is 274 cm³/mol. The van der Waals surface area contributed by atoms with E-state index in [1.807, 2.05) is 6.92 Å². The van der Waals surface area contributed by atoms with E-state index in [0.29, 0.717) is 63.2 Å². The lowest BCUT2D eigenvalue weighted by Gasteiger charge is -2.25. The van der Waals surface area contributed by atoms with Crippen LogP contribution in [0, 0.1) is 0 Å². The van der Waals surface area contributed by atoms with E-state index >= 15 is 0 Å². The van der Waals surface area contributed by atoms with Gasteiger partial charge in [0.15, 0.2) is 6.10 Å². The molecule has 0 heterocycles. The Bertz CT molecular complexity index is 1290. The summed E-state index contributed by atoms with van der Waals surface area (Å²) >= 11 is 1.57. The van der Waals surface area contributed by atoms with Crippen molar-refractivity contribution in [1.82, 2.24) is 9.80 Å². The first-order valence-electron chi connectivity index (χ1n) is 27.0. The second-order valence-corrected chi connectivity index (χ2v) is 21.0. The highest BCUT2D eigenvalue weighted by Gasteiger charge is 2.26. The molecule has 1 N–H and O–H groups in total. The minimum absolute atomic E-state index is 0.0120. The van der Waals surface area contributed by atoms with Crippen LogP contribution in [-0.2, 0) is 47.1 Å². The molecule has 0 aromatic rings. The molecule has 0 aliphatic heterocycles. The van der Waals surface area contributed by atoms with Crippen LogP contribution in [0.4, 0.5) is 0 Å². The van der Waals surface area contributed by atoms with Gasteiger partial charge in [0.25, 0.3) is 0 Å². The van der Waals surface area contributed by atoms with Crippen molar-refractivity contribution in [3.63, 3.8) is 0 Å². The van der Waals surface area contributed by atoms with Crippen molar-refractivity contribution in [1.29, 1.82) is 0 Å². The van der Waals surface area contributed by atoms with Crippen LogP contribution in [0.25, 0.3) is 0 Å². The molecule has 0 bridgehead atoms. The molecule has 2 amide bonds. The summed E-state index contributed by atoms with van der Waals surface area (Å²) in [7, 11) is -2.83. The molecule has 67 heavy (non-hydrogen) atoms. The first kappa shape index (κ1) is 65.0. The maximum atomic E-state index is 12.8. The van der Waals surface area contributed by atoms with Crippen LogP contribution in [-0.4, -0.2) is 108 Å². The zero-order chi connectivity index (χ0) is 49.6. The van der Waals surface area contributed by atoms with E-state index in [9.17, 15) is 33.4 Å². The molecule has 0 aliphatic rings. The number of likely N-dealkylation sites (N-methyl/N-ethyl adjacent to an activating group) is 1. The molecule has 0 saturated heterocycles. The van der Waals surface area contributed by atoms with Crippen molar-refractivity contribution in [2.45, 2.75) is 246 Å². The molecule has 13 nitrogen and oxygen atoms in total. The summed E-state index contributed by atoms with van der Waals surface area (Å²) < 4.78 is 34.2. The SMILES string of the molecule is CCCCCCCCCCCCCCCC(=O)OC[C@H](COP(=O)(O)OCCCC(=O)CCSCCN(CCN(C)C(=O)CC)C(=O)CC)OC(=O)CCCCCCCCCCCCCCC. The number of unbranched alkanes of at least 4 members (excludes halogenated alkanes) is 24. The maximum absolute atomic E-state index is 12.8. The third-order valence-corrected chi connectivity index (χ3v) is 14.0. The highest BCUT2D eigenvalue weighted by Crippen LogP contribution is 2.43. The number of ketones is 1. The molecule has 1 unspecified atom stereocenters. The number of esters is 2. The fourth-order valence-electron chi connectivity index (χ4n) is 7.70. The zero-order valence-electron chi connectivity index (χ0n) is 43.3. The number of nitrogens with zero attached hydrogens (tertiary/aromatic N) is 2. The molecule has 0 aromatic carbocycles. The molecule has 0 aliphatic carbocycles. The number of rotatable bonds is 50. The van der Waals surface area contributed by atoms with Crippen molar-refractivity contribution in [3.8, 4) is 0 Å². The van der Waals surface area contributed by atoms with E-state index in [0.717, 1.165) is 38.5 Å². The van der Waals surface area contributed by atoms with Crippen LogP contribution >= 0.6 is 19.6 Å². The van der Waals surface area contributed by atoms with Gasteiger partial charge in [0, 0.05) is 76.7 Å². The van der Waals surface area contributed by atoms with Gasteiger partial charge in [-0.2, -0.15) is 11.8 Å². The van der Waals surface area contributed by atoms with Crippen LogP contribution < -0.4 is 0 Å². The van der Waals surface area contributed by atoms with Crippen LogP contribution in [0.2, 0.25) is 0 Å². The molecule has 2 atom stereocenters. The summed E-state index contributed by atoms with van der Waals surface area (Å²) in [6.45, 7) is 8.59. The Morgan fingerprint density at radius 1 is 0.507 bits per heavy atom. The number of Topliss-reactive ketones (excluding diaryl/α,β-unsaturated/α-hetero) is 1. The lowest BCUT2D eigenvalue weighted by Crippen LogP contribution is -2.40. The lowest BCUT2D eigenvalue weighted by atomic mass is 10.0. The quantitative estimate of drug-likeness (QED) is 0.0349. The van der Waals surface area contributed by atoms with Gasteiger partial charge in [0.2, 0.25) is 11.8 Å². The standard InChI is InChI=1S/C52H99N2O11PS/c1-6-10-12-14-16-18-20-22-24-26-28-30-32-36-51(58)62-45-48(65-52(59)37-33-31-29-27-25-23-21-19-17-15-13-11-7-2)46-64-66(60,61)63-42-34-35-47(55)38-43-67-44-41-54(50(57)9-4)40-39-53(5)49(56)8-3/h48H,6-46H2,1-5H3,(H,60,61)/t48-/m1/s1. The van der Waals surface area contributed by atoms with Crippen molar-refractivity contribution < 1.29 is 52.0 Å². The van der Waals surface area contributed by atoms with Crippen molar-refractivity contribution >= 4 is 49.1 Å². The lowest BCUT2D eigenvalue weighted by molar-refractivity contribution is -0.161.